The third-order valence-electron chi connectivity index (χ3n) is 4.59. The zero-order chi connectivity index (χ0) is 17.8. The fraction of sp³-hybridized carbons (Fsp3) is 0.200. The first-order valence-electron chi connectivity index (χ1n) is 9.45. The van der Waals surface area contributed by atoms with Crippen molar-refractivity contribution < 1.29 is 0 Å². The number of hydrogen-bond acceptors (Lipinski definition) is 0. The fourth-order valence-corrected chi connectivity index (χ4v) is 3.66. The molecule has 0 aromatic heterocycles. The van der Waals surface area contributed by atoms with Gasteiger partial charge in [0.2, 0.25) is 0 Å². The molecule has 0 N–H and O–H groups in total. The maximum absolute atomic E-state index is 2.33. The Morgan fingerprint density at radius 1 is 0.680 bits per heavy atom. The summed E-state index contributed by atoms with van der Waals surface area (Å²) in [6.45, 7) is 8.00. The van der Waals surface area contributed by atoms with Gasteiger partial charge in [-0.25, -0.2) is 0 Å². The van der Waals surface area contributed by atoms with E-state index in [0.29, 0.717) is 0 Å². The molecule has 0 bridgehead atoms. The van der Waals surface area contributed by atoms with E-state index in [2.05, 4.69) is 72.8 Å². The lowest BCUT2D eigenvalue weighted by Gasteiger charge is -2.12. The average molecular weight is 326 g/mol. The van der Waals surface area contributed by atoms with E-state index in [1.54, 1.807) is 0 Å². The zero-order valence-electron chi connectivity index (χ0n) is 15.6. The number of allylic oxidation sites excluding steroid dienone is 1. The van der Waals surface area contributed by atoms with Crippen LogP contribution in [0.15, 0.2) is 60.7 Å². The summed E-state index contributed by atoms with van der Waals surface area (Å²) in [5.74, 6) is 0. The van der Waals surface area contributed by atoms with Gasteiger partial charge >= 0.3 is 0 Å². The molecule has 0 spiro atoms. The summed E-state index contributed by atoms with van der Waals surface area (Å²) in [6.07, 6.45) is 7.85. The van der Waals surface area contributed by atoms with Crippen LogP contribution in [0.25, 0.3) is 44.5 Å². The average Bonchev–Trinajstić information content (AvgIpc) is 2.92. The molecule has 4 aromatic carbocycles. The predicted octanol–water partition coefficient (Wildman–Crippen LogP) is 7.11. The molecule has 0 heteroatoms. The van der Waals surface area contributed by atoms with E-state index in [0.717, 1.165) is 6.42 Å². The van der Waals surface area contributed by atoms with Crippen LogP contribution in [0, 0.1) is 0 Å². The third-order valence-corrected chi connectivity index (χ3v) is 4.59. The molecule has 0 fully saturated rings. The molecule has 1 aliphatic carbocycles. The van der Waals surface area contributed by atoms with E-state index < -0.39 is 0 Å². The van der Waals surface area contributed by atoms with Gasteiger partial charge < -0.3 is 0 Å². The molecule has 4 aromatic rings. The molecule has 126 valence electrons. The number of rotatable bonds is 0. The van der Waals surface area contributed by atoms with Crippen molar-refractivity contribution in [3.63, 3.8) is 0 Å². The van der Waals surface area contributed by atoms with Crippen LogP contribution in [-0.2, 0) is 0 Å². The maximum Gasteiger partial charge on any atom is -0.00205 e. The second kappa shape index (κ2) is 7.53. The Morgan fingerprint density at radius 3 is 2.32 bits per heavy atom. The highest BCUT2D eigenvalue weighted by atomic mass is 14.1. The van der Waals surface area contributed by atoms with E-state index in [1.807, 2.05) is 27.7 Å². The summed E-state index contributed by atoms with van der Waals surface area (Å²) >= 11 is 0. The van der Waals surface area contributed by atoms with Crippen molar-refractivity contribution in [1.29, 1.82) is 0 Å². The minimum atomic E-state index is 1.01. The number of fused-ring (bicyclic) bond motifs is 2. The van der Waals surface area contributed by atoms with Gasteiger partial charge in [-0.3, -0.25) is 0 Å². The molecule has 0 nitrogen and oxygen atoms in total. The van der Waals surface area contributed by atoms with Gasteiger partial charge in [-0.1, -0.05) is 94.5 Å². The van der Waals surface area contributed by atoms with Crippen molar-refractivity contribution in [2.45, 2.75) is 34.1 Å². The second-order valence-corrected chi connectivity index (χ2v) is 5.77. The fourth-order valence-electron chi connectivity index (χ4n) is 3.66. The van der Waals surface area contributed by atoms with Gasteiger partial charge in [0.15, 0.2) is 0 Å². The first-order chi connectivity index (χ1) is 12.4. The van der Waals surface area contributed by atoms with E-state index >= 15 is 0 Å². The summed E-state index contributed by atoms with van der Waals surface area (Å²) in [4.78, 5) is 0. The lowest BCUT2D eigenvalue weighted by atomic mass is 9.92. The third kappa shape index (κ3) is 2.82. The molecular formula is C25H26. The number of benzene rings is 4. The second-order valence-electron chi connectivity index (χ2n) is 5.77. The molecule has 5 rings (SSSR count). The first-order valence-corrected chi connectivity index (χ1v) is 9.45. The summed E-state index contributed by atoms with van der Waals surface area (Å²) in [7, 11) is 0. The minimum absolute atomic E-state index is 1.01. The Balaban J connectivity index is 0.000000428. The largest absolute Gasteiger partial charge is 0.0801 e. The van der Waals surface area contributed by atoms with Crippen molar-refractivity contribution in [3.8, 4) is 0 Å². The highest BCUT2D eigenvalue weighted by Gasteiger charge is 2.10. The molecule has 0 saturated heterocycles. The molecule has 0 amide bonds. The van der Waals surface area contributed by atoms with E-state index in [-0.39, 0.29) is 0 Å². The van der Waals surface area contributed by atoms with Crippen LogP contribution < -0.4 is 5.22 Å². The van der Waals surface area contributed by atoms with Crippen LogP contribution >= 0.6 is 0 Å². The minimum Gasteiger partial charge on any atom is -0.0801 e. The van der Waals surface area contributed by atoms with E-state index in [1.165, 1.54) is 43.1 Å². The first kappa shape index (κ1) is 17.2. The van der Waals surface area contributed by atoms with Crippen molar-refractivity contribution >= 4 is 44.5 Å². The summed E-state index contributed by atoms with van der Waals surface area (Å²) in [6, 6.07) is 20.1. The molecule has 0 radical (unpaired) electrons. The van der Waals surface area contributed by atoms with Gasteiger partial charge in [0, 0.05) is 0 Å². The predicted molar refractivity (Wildman–Crippen MR) is 115 cm³/mol. The molecule has 0 atom stereocenters. The molecule has 0 heterocycles. The van der Waals surface area contributed by atoms with Crippen molar-refractivity contribution in [1.82, 2.24) is 0 Å². The highest BCUT2D eigenvalue weighted by molar-refractivity contribution is 6.22. The normalized spacial score (nSPS) is 12.0. The Morgan fingerprint density at radius 2 is 1.48 bits per heavy atom. The quantitative estimate of drug-likeness (QED) is 0.238. The highest BCUT2D eigenvalue weighted by Crippen LogP contribution is 2.34. The van der Waals surface area contributed by atoms with Gasteiger partial charge in [-0.15, -0.1) is 0 Å². The van der Waals surface area contributed by atoms with Crippen molar-refractivity contribution in [2.24, 2.45) is 0 Å². The maximum atomic E-state index is 2.33. The number of hydrogen-bond donors (Lipinski definition) is 0. The monoisotopic (exact) mass is 326 g/mol. The van der Waals surface area contributed by atoms with Crippen LogP contribution in [0.3, 0.4) is 0 Å². The zero-order valence-corrected chi connectivity index (χ0v) is 15.6. The van der Waals surface area contributed by atoms with Gasteiger partial charge in [0.05, 0.1) is 0 Å². The lowest BCUT2D eigenvalue weighted by Crippen LogP contribution is -2.03. The summed E-state index contributed by atoms with van der Waals surface area (Å²) in [5.41, 5.74) is 1.34. The van der Waals surface area contributed by atoms with Gasteiger partial charge in [-0.2, -0.15) is 0 Å². The van der Waals surface area contributed by atoms with Gasteiger partial charge in [-0.05, 0) is 55.6 Å². The standard InChI is InChI=1S/C21H14.2C2H6/c1-2-6-15-11-12-19-18-8-4-3-7-16(18)13-17-10-9-14(5-1)20(15)21(17)19;2*1-2/h2-13H,1H2;2*1-2H3. The van der Waals surface area contributed by atoms with Crippen molar-refractivity contribution in [3.05, 3.63) is 71.5 Å². The SMILES string of the molecule is C1=Cc2ccc3c4ccccc4cc4ccc(c2c43)=CC1.CC.CC. The Kier molecular flexibility index (Phi) is 5.19. The molecule has 1 aliphatic rings. The Bertz CT molecular complexity index is 1100. The van der Waals surface area contributed by atoms with Crippen molar-refractivity contribution in [2.75, 3.05) is 0 Å². The molecule has 0 saturated carbocycles. The van der Waals surface area contributed by atoms with Gasteiger partial charge in [0.25, 0.3) is 0 Å². The molecule has 0 aliphatic heterocycles. The van der Waals surface area contributed by atoms with Crippen LogP contribution in [0.4, 0.5) is 0 Å². The topological polar surface area (TPSA) is 0 Å². The Hall–Kier alpha value is -2.60. The van der Waals surface area contributed by atoms with Gasteiger partial charge in [0.1, 0.15) is 0 Å². The van der Waals surface area contributed by atoms with Crippen LogP contribution in [-0.4, -0.2) is 0 Å². The summed E-state index contributed by atoms with van der Waals surface area (Å²) in [5, 5.41) is 9.56. The lowest BCUT2D eigenvalue weighted by molar-refractivity contribution is 1.50. The Labute approximate surface area is 150 Å². The van der Waals surface area contributed by atoms with Crippen LogP contribution in [0.5, 0.6) is 0 Å². The molecule has 0 unspecified atom stereocenters. The molecule has 25 heavy (non-hydrogen) atoms. The van der Waals surface area contributed by atoms with E-state index in [4.69, 9.17) is 0 Å². The smallest absolute Gasteiger partial charge is 0.00205 e. The van der Waals surface area contributed by atoms with Crippen LogP contribution in [0.1, 0.15) is 39.7 Å². The van der Waals surface area contributed by atoms with Crippen LogP contribution in [0.2, 0.25) is 0 Å². The van der Waals surface area contributed by atoms with E-state index in [9.17, 15) is 0 Å². The molecular weight excluding hydrogens is 300 g/mol. The summed E-state index contributed by atoms with van der Waals surface area (Å²) < 4.78 is 0.